The van der Waals surface area contributed by atoms with Gasteiger partial charge in [0.15, 0.2) is 0 Å². The van der Waals surface area contributed by atoms with Gasteiger partial charge >= 0.3 is 18.3 Å². The number of hydrogen-bond donors (Lipinski definition) is 1. The van der Waals surface area contributed by atoms with Crippen molar-refractivity contribution in [2.24, 2.45) is 22.2 Å². The highest BCUT2D eigenvalue weighted by Crippen LogP contribution is 2.60. The van der Waals surface area contributed by atoms with E-state index in [4.69, 9.17) is 14.2 Å². The lowest BCUT2D eigenvalue weighted by molar-refractivity contribution is -0.205. The molecule has 1 N–H and O–H groups in total. The van der Waals surface area contributed by atoms with Gasteiger partial charge in [-0.25, -0.2) is 9.78 Å². The number of pyridine rings is 1. The van der Waals surface area contributed by atoms with Gasteiger partial charge in [-0.1, -0.05) is 18.2 Å². The molecule has 21 heteroatoms. The van der Waals surface area contributed by atoms with E-state index in [1.807, 2.05) is 6.07 Å². The quantitative estimate of drug-likeness (QED) is 0.168. The van der Waals surface area contributed by atoms with E-state index in [1.54, 1.807) is 24.1 Å². The van der Waals surface area contributed by atoms with E-state index in [1.165, 1.54) is 41.2 Å². The first kappa shape index (κ1) is 48.5. The molecule has 5 saturated heterocycles. The second-order valence-electron chi connectivity index (χ2n) is 20.0. The number of methoxy groups -OCH3 is 1. The Morgan fingerprint density at radius 2 is 1.55 bits per heavy atom. The first-order valence-electron chi connectivity index (χ1n) is 23.4. The fourth-order valence-corrected chi connectivity index (χ4v) is 11.0. The van der Waals surface area contributed by atoms with Crippen molar-refractivity contribution in [3.8, 4) is 0 Å². The van der Waals surface area contributed by atoms with Crippen molar-refractivity contribution in [3.63, 3.8) is 0 Å². The van der Waals surface area contributed by atoms with E-state index in [9.17, 15) is 50.3 Å². The van der Waals surface area contributed by atoms with Crippen LogP contribution < -0.4 is 5.32 Å². The highest BCUT2D eigenvalue weighted by molar-refractivity contribution is 5.96. The maximum absolute atomic E-state index is 14.9. The molecule has 2 saturated carbocycles. The van der Waals surface area contributed by atoms with Gasteiger partial charge in [0, 0.05) is 62.5 Å². The maximum Gasteiger partial charge on any atom is 0.416 e. The fraction of sp³-hybridized carbons (Fsp3) is 0.604. The third kappa shape index (κ3) is 9.56. The molecule has 1 aromatic carbocycles. The van der Waals surface area contributed by atoms with Crippen LogP contribution in [0, 0.1) is 22.2 Å². The Kier molecular flexibility index (Phi) is 12.9. The molecule has 0 unspecified atom stereocenters. The molecule has 372 valence electrons. The molecule has 2 aromatic heterocycles. The van der Waals surface area contributed by atoms with Gasteiger partial charge in [-0.05, 0) is 93.5 Å². The van der Waals surface area contributed by atoms with Crippen LogP contribution in [0.2, 0.25) is 0 Å². The van der Waals surface area contributed by atoms with Crippen LogP contribution >= 0.6 is 0 Å². The molecule has 69 heavy (non-hydrogen) atoms. The number of likely N-dealkylation sites (tertiary alicyclic amines) is 3. The minimum absolute atomic E-state index is 0.0330. The number of fused-ring (bicyclic) bond motifs is 3. The topological polar surface area (TPSA) is 166 Å². The predicted octanol–water partition coefficient (Wildman–Crippen LogP) is 5.63. The smallest absolute Gasteiger partial charge is 0.416 e. The molecule has 2 bridgehead atoms. The Labute approximate surface area is 394 Å². The van der Waals surface area contributed by atoms with Crippen molar-refractivity contribution in [2.45, 2.75) is 101 Å². The van der Waals surface area contributed by atoms with E-state index in [2.05, 4.69) is 15.4 Å². The summed E-state index contributed by atoms with van der Waals surface area (Å²) < 4.78 is 101. The monoisotopic (exact) mass is 971 g/mol. The van der Waals surface area contributed by atoms with Gasteiger partial charge in [0.1, 0.15) is 17.2 Å². The highest BCUT2D eigenvalue weighted by atomic mass is 19.4. The van der Waals surface area contributed by atoms with E-state index in [0.29, 0.717) is 38.1 Å². The number of halogens is 6. The minimum atomic E-state index is -4.76. The SMILES string of the molecule is COC(=O)c1ccc(C2CCN(C(=O)[C@@H](NC(=O)[C@@H]3CN(C(=O)c4cnn(Cc5ccc(C(F)(F)F)cc5)c4)CC34CN(C(=O)C3(C(F)(F)F)CC3)C4)[C@@H](C)OCC34CCC(CC3)OC4)CC2)cn1. The maximum atomic E-state index is 14.9. The molecule has 7 aliphatic rings. The number of nitrogens with one attached hydrogen (secondary N) is 1. The summed E-state index contributed by atoms with van der Waals surface area (Å²) in [6.07, 6.45) is -1.51. The molecule has 1 spiro atoms. The van der Waals surface area contributed by atoms with Crippen molar-refractivity contribution in [1.82, 2.24) is 34.8 Å². The van der Waals surface area contributed by atoms with Crippen LogP contribution in [0.5, 0.6) is 0 Å². The second-order valence-corrected chi connectivity index (χ2v) is 20.0. The zero-order valence-corrected chi connectivity index (χ0v) is 38.3. The second kappa shape index (κ2) is 18.3. The summed E-state index contributed by atoms with van der Waals surface area (Å²) in [5.41, 5.74) is -3.03. The van der Waals surface area contributed by atoms with Crippen molar-refractivity contribution >= 4 is 29.6 Å². The number of amides is 4. The first-order chi connectivity index (χ1) is 32.7. The van der Waals surface area contributed by atoms with Crippen LogP contribution in [0.15, 0.2) is 55.0 Å². The van der Waals surface area contributed by atoms with Gasteiger partial charge in [0.05, 0.1) is 62.3 Å². The van der Waals surface area contributed by atoms with Crippen LogP contribution in [0.25, 0.3) is 0 Å². The molecule has 7 fully saturated rings. The van der Waals surface area contributed by atoms with Crippen molar-refractivity contribution in [2.75, 3.05) is 59.6 Å². The molecule has 2 aliphatic carbocycles. The van der Waals surface area contributed by atoms with E-state index >= 15 is 0 Å². The summed E-state index contributed by atoms with van der Waals surface area (Å²) in [6, 6.07) is 6.71. The van der Waals surface area contributed by atoms with Crippen LogP contribution in [0.1, 0.15) is 102 Å². The number of carbonyl (C=O) groups is 5. The predicted molar refractivity (Wildman–Crippen MR) is 231 cm³/mol. The summed E-state index contributed by atoms with van der Waals surface area (Å²) >= 11 is 0. The van der Waals surface area contributed by atoms with E-state index in [-0.39, 0.29) is 86.8 Å². The first-order valence-corrected chi connectivity index (χ1v) is 23.4. The van der Waals surface area contributed by atoms with Gasteiger partial charge in [0.25, 0.3) is 5.91 Å². The zero-order valence-electron chi connectivity index (χ0n) is 38.3. The average molecular weight is 972 g/mol. The number of carbonyl (C=O) groups excluding carboxylic acids is 5. The molecule has 15 nitrogen and oxygen atoms in total. The van der Waals surface area contributed by atoms with Crippen molar-refractivity contribution in [1.29, 1.82) is 0 Å². The van der Waals surface area contributed by atoms with Crippen LogP contribution in [0.3, 0.4) is 0 Å². The van der Waals surface area contributed by atoms with Crippen LogP contribution in [-0.2, 0) is 41.3 Å². The Bertz CT molecular complexity index is 2410. The van der Waals surface area contributed by atoms with Crippen molar-refractivity contribution < 1.29 is 64.5 Å². The Hall–Kier alpha value is -5.57. The molecule has 10 rings (SSSR count). The number of ether oxygens (including phenoxy) is 3. The van der Waals surface area contributed by atoms with Gasteiger partial charge < -0.3 is 34.2 Å². The third-order valence-corrected chi connectivity index (χ3v) is 15.5. The summed E-state index contributed by atoms with van der Waals surface area (Å²) in [6.45, 7) is 2.51. The molecule has 4 amide bonds. The number of benzene rings is 1. The number of alkyl halides is 6. The normalized spacial score (nSPS) is 25.0. The van der Waals surface area contributed by atoms with Crippen LogP contribution in [-0.4, -0.2) is 143 Å². The van der Waals surface area contributed by atoms with E-state index < -0.39 is 70.5 Å². The number of esters is 1. The number of nitrogens with zero attached hydrogens (tertiary/aromatic N) is 6. The summed E-state index contributed by atoms with van der Waals surface area (Å²) in [5, 5.41) is 7.22. The molecular weight excluding hydrogens is 917 g/mol. The fourth-order valence-electron chi connectivity index (χ4n) is 11.0. The average Bonchev–Trinajstić information content (AvgIpc) is 3.89. The Morgan fingerprint density at radius 1 is 0.870 bits per heavy atom. The Balaban J connectivity index is 0.933. The lowest BCUT2D eigenvalue weighted by Crippen LogP contribution is -2.67. The van der Waals surface area contributed by atoms with E-state index in [0.717, 1.165) is 48.3 Å². The van der Waals surface area contributed by atoms with Crippen molar-refractivity contribution in [3.05, 3.63) is 82.9 Å². The van der Waals surface area contributed by atoms with Gasteiger partial charge in [-0.3, -0.25) is 23.9 Å². The van der Waals surface area contributed by atoms with Gasteiger partial charge in [0.2, 0.25) is 17.7 Å². The highest BCUT2D eigenvalue weighted by Gasteiger charge is 2.72. The largest absolute Gasteiger partial charge is 0.464 e. The lowest BCUT2D eigenvalue weighted by Gasteiger charge is -2.51. The number of rotatable bonds is 13. The molecular formula is C48H55F6N7O8. The molecule has 7 heterocycles. The number of hydrogen-bond acceptors (Lipinski definition) is 10. The third-order valence-electron chi connectivity index (χ3n) is 15.5. The summed E-state index contributed by atoms with van der Waals surface area (Å²) in [7, 11) is 1.27. The lowest BCUT2D eigenvalue weighted by atomic mass is 9.70. The van der Waals surface area contributed by atoms with Gasteiger partial charge in [-0.2, -0.15) is 31.4 Å². The standard InChI is InChI=1S/C48H55F6N7O8/c1-29(68-27-44-13-9-35(10-14-44)69-28-44)38(41(64)58-17-11-31(12-18-58)32-5-8-37(55-19-32)42(65)67-2)57-39(62)36-23-59(24-45(36)25-60(26-45)43(66)46(15-16-46)48(52,53)54)40(63)33-20-56-61(22-33)21-30-3-6-34(7-4-30)47(49,50)51/h3-8,19-20,22,29,31,35-36,38H,9-18,21,23-28H2,1-2H3,(H,57,62)/t29-,35?,36+,38+,44?/m1/s1. The Morgan fingerprint density at radius 3 is 2.13 bits per heavy atom. The molecule has 3 aromatic rings. The summed E-state index contributed by atoms with van der Waals surface area (Å²) in [4.78, 5) is 77.6. The van der Waals surface area contributed by atoms with Crippen LogP contribution in [0.4, 0.5) is 26.3 Å². The zero-order chi connectivity index (χ0) is 49.1. The number of piperidine rings is 1. The summed E-state index contributed by atoms with van der Waals surface area (Å²) in [5.74, 6) is -4.20. The van der Waals surface area contributed by atoms with Gasteiger partial charge in [-0.15, -0.1) is 0 Å². The molecule has 0 radical (unpaired) electrons. The minimum Gasteiger partial charge on any atom is -0.464 e. The molecule has 5 aliphatic heterocycles. The molecule has 3 atom stereocenters. The number of aromatic nitrogens is 3.